The fraction of sp³-hybridized carbons (Fsp3) is 1.00. The molecular formula is C8H17NO. The lowest BCUT2D eigenvalue weighted by molar-refractivity contribution is 0.125. The molecule has 0 bridgehead atoms. The number of rotatable bonds is 2. The summed E-state index contributed by atoms with van der Waals surface area (Å²) >= 11 is 0. The lowest BCUT2D eigenvalue weighted by Crippen LogP contribution is -2.23. The van der Waals surface area contributed by atoms with Gasteiger partial charge in [-0.3, -0.25) is 0 Å². The van der Waals surface area contributed by atoms with Crippen molar-refractivity contribution in [2.75, 3.05) is 0 Å². The van der Waals surface area contributed by atoms with E-state index in [2.05, 4.69) is 0 Å². The Kier molecular flexibility index (Phi) is 2.69. The molecule has 0 aromatic heterocycles. The van der Waals surface area contributed by atoms with Crippen molar-refractivity contribution in [3.05, 3.63) is 0 Å². The minimum atomic E-state index is -0.0639. The zero-order valence-corrected chi connectivity index (χ0v) is 6.59. The van der Waals surface area contributed by atoms with Crippen molar-refractivity contribution in [2.24, 2.45) is 11.7 Å². The molecule has 1 saturated carbocycles. The smallest absolute Gasteiger partial charge is 0.0569 e. The maximum Gasteiger partial charge on any atom is 0.0569 e. The molecular weight excluding hydrogens is 126 g/mol. The molecule has 0 aromatic carbocycles. The number of hydrogen-bond donors (Lipinski definition) is 2. The fourth-order valence-corrected chi connectivity index (χ4v) is 1.77. The Morgan fingerprint density at radius 2 is 2.30 bits per heavy atom. The maximum absolute atomic E-state index is 9.38. The molecule has 0 saturated heterocycles. The predicted molar refractivity (Wildman–Crippen MR) is 41.6 cm³/mol. The van der Waals surface area contributed by atoms with Crippen LogP contribution in [0.25, 0.3) is 0 Å². The lowest BCUT2D eigenvalue weighted by atomic mass is 9.98. The molecule has 2 nitrogen and oxygen atoms in total. The van der Waals surface area contributed by atoms with Gasteiger partial charge >= 0.3 is 0 Å². The lowest BCUT2D eigenvalue weighted by Gasteiger charge is -2.15. The van der Waals surface area contributed by atoms with Crippen molar-refractivity contribution in [3.8, 4) is 0 Å². The number of aliphatic hydroxyl groups is 1. The predicted octanol–water partition coefficient (Wildman–Crippen LogP) is 0.885. The zero-order valence-electron chi connectivity index (χ0n) is 6.59. The Morgan fingerprint density at radius 3 is 2.70 bits per heavy atom. The summed E-state index contributed by atoms with van der Waals surface area (Å²) in [4.78, 5) is 0. The molecule has 0 amide bonds. The summed E-state index contributed by atoms with van der Waals surface area (Å²) in [5.74, 6) is 0.486. The van der Waals surface area contributed by atoms with E-state index in [1.165, 1.54) is 12.8 Å². The minimum absolute atomic E-state index is 0.0639. The van der Waals surface area contributed by atoms with Crippen LogP contribution in [0.15, 0.2) is 0 Å². The summed E-state index contributed by atoms with van der Waals surface area (Å²) in [5.41, 5.74) is 5.62. The van der Waals surface area contributed by atoms with E-state index in [-0.39, 0.29) is 12.1 Å². The van der Waals surface area contributed by atoms with Gasteiger partial charge in [0.05, 0.1) is 6.10 Å². The molecule has 0 spiro atoms. The third kappa shape index (κ3) is 1.96. The van der Waals surface area contributed by atoms with Gasteiger partial charge in [0.2, 0.25) is 0 Å². The molecule has 0 aromatic rings. The Balaban J connectivity index is 2.26. The van der Waals surface area contributed by atoms with Gasteiger partial charge in [-0.15, -0.1) is 0 Å². The molecule has 1 fully saturated rings. The first kappa shape index (κ1) is 8.02. The minimum Gasteiger partial charge on any atom is -0.393 e. The Hall–Kier alpha value is -0.0800. The van der Waals surface area contributed by atoms with Crippen LogP contribution < -0.4 is 5.73 Å². The fourth-order valence-electron chi connectivity index (χ4n) is 1.77. The van der Waals surface area contributed by atoms with Crippen LogP contribution in [-0.2, 0) is 0 Å². The molecule has 0 heterocycles. The van der Waals surface area contributed by atoms with Crippen LogP contribution in [0.3, 0.4) is 0 Å². The molecule has 3 N–H and O–H groups in total. The Bertz CT molecular complexity index is 103. The van der Waals surface area contributed by atoms with Crippen LogP contribution in [-0.4, -0.2) is 17.3 Å². The third-order valence-corrected chi connectivity index (χ3v) is 2.29. The topological polar surface area (TPSA) is 46.2 Å². The van der Waals surface area contributed by atoms with Crippen molar-refractivity contribution in [3.63, 3.8) is 0 Å². The summed E-state index contributed by atoms with van der Waals surface area (Å²) in [6.45, 7) is 2.00. The first-order valence-corrected chi connectivity index (χ1v) is 4.14. The molecule has 0 radical (unpaired) electrons. The van der Waals surface area contributed by atoms with Crippen LogP contribution >= 0.6 is 0 Å². The largest absolute Gasteiger partial charge is 0.393 e. The third-order valence-electron chi connectivity index (χ3n) is 2.29. The standard InChI is InChI=1S/C8H17NO/c1-6(9)5-7-3-2-4-8(7)10/h6-8,10H,2-5,9H2,1H3/t6?,7-,8+/m1/s1. The monoisotopic (exact) mass is 143 g/mol. The van der Waals surface area contributed by atoms with Gasteiger partial charge in [0.1, 0.15) is 0 Å². The first-order chi connectivity index (χ1) is 4.70. The van der Waals surface area contributed by atoms with Crippen LogP contribution in [0, 0.1) is 5.92 Å². The second-order valence-electron chi connectivity index (χ2n) is 3.47. The highest BCUT2D eigenvalue weighted by Gasteiger charge is 2.25. The van der Waals surface area contributed by atoms with Gasteiger partial charge in [-0.05, 0) is 32.1 Å². The molecule has 1 aliphatic rings. The normalized spacial score (nSPS) is 36.3. The number of nitrogens with two attached hydrogens (primary N) is 1. The highest BCUT2D eigenvalue weighted by molar-refractivity contribution is 4.78. The van der Waals surface area contributed by atoms with Gasteiger partial charge in [0, 0.05) is 6.04 Å². The summed E-state index contributed by atoms with van der Waals surface area (Å²) < 4.78 is 0. The highest BCUT2D eigenvalue weighted by atomic mass is 16.3. The van der Waals surface area contributed by atoms with Gasteiger partial charge in [-0.1, -0.05) is 6.42 Å². The van der Waals surface area contributed by atoms with Gasteiger partial charge in [0.15, 0.2) is 0 Å². The molecule has 10 heavy (non-hydrogen) atoms. The van der Waals surface area contributed by atoms with E-state index in [0.717, 1.165) is 12.8 Å². The van der Waals surface area contributed by atoms with Gasteiger partial charge in [-0.2, -0.15) is 0 Å². The van der Waals surface area contributed by atoms with Crippen molar-refractivity contribution in [2.45, 2.75) is 44.8 Å². The van der Waals surface area contributed by atoms with E-state index in [1.54, 1.807) is 0 Å². The summed E-state index contributed by atoms with van der Waals surface area (Å²) in [6, 6.07) is 0.248. The second kappa shape index (κ2) is 3.35. The van der Waals surface area contributed by atoms with Crippen LogP contribution in [0.4, 0.5) is 0 Å². The van der Waals surface area contributed by atoms with E-state index in [1.807, 2.05) is 6.92 Å². The molecule has 1 aliphatic carbocycles. The van der Waals surface area contributed by atoms with Gasteiger partial charge < -0.3 is 10.8 Å². The molecule has 3 atom stereocenters. The molecule has 0 aliphatic heterocycles. The Labute approximate surface area is 62.4 Å². The molecule has 1 unspecified atom stereocenters. The molecule has 1 rings (SSSR count). The average molecular weight is 143 g/mol. The summed E-state index contributed by atoms with van der Waals surface area (Å²) in [6.07, 6.45) is 4.26. The van der Waals surface area contributed by atoms with E-state index in [9.17, 15) is 5.11 Å². The highest BCUT2D eigenvalue weighted by Crippen LogP contribution is 2.28. The summed E-state index contributed by atoms with van der Waals surface area (Å²) in [7, 11) is 0. The zero-order chi connectivity index (χ0) is 7.56. The molecule has 60 valence electrons. The second-order valence-corrected chi connectivity index (χ2v) is 3.47. The SMILES string of the molecule is CC(N)C[C@H]1CCC[C@@H]1O. The van der Waals surface area contributed by atoms with Crippen LogP contribution in [0.1, 0.15) is 32.6 Å². The van der Waals surface area contributed by atoms with Crippen molar-refractivity contribution < 1.29 is 5.11 Å². The number of aliphatic hydroxyl groups excluding tert-OH is 1. The molecule has 2 heteroatoms. The Morgan fingerprint density at radius 1 is 1.60 bits per heavy atom. The van der Waals surface area contributed by atoms with E-state index >= 15 is 0 Å². The number of hydrogen-bond acceptors (Lipinski definition) is 2. The van der Waals surface area contributed by atoms with Gasteiger partial charge in [0.25, 0.3) is 0 Å². The van der Waals surface area contributed by atoms with Gasteiger partial charge in [-0.25, -0.2) is 0 Å². The van der Waals surface area contributed by atoms with Crippen molar-refractivity contribution in [1.82, 2.24) is 0 Å². The first-order valence-electron chi connectivity index (χ1n) is 4.14. The van der Waals surface area contributed by atoms with Crippen molar-refractivity contribution >= 4 is 0 Å². The van der Waals surface area contributed by atoms with Crippen LogP contribution in [0.5, 0.6) is 0 Å². The maximum atomic E-state index is 9.38. The van der Waals surface area contributed by atoms with Crippen LogP contribution in [0.2, 0.25) is 0 Å². The summed E-state index contributed by atoms with van der Waals surface area (Å²) in [5, 5.41) is 9.38. The van der Waals surface area contributed by atoms with E-state index in [0.29, 0.717) is 5.92 Å². The average Bonchev–Trinajstić information content (AvgIpc) is 2.15. The van der Waals surface area contributed by atoms with E-state index < -0.39 is 0 Å². The van der Waals surface area contributed by atoms with Crippen molar-refractivity contribution in [1.29, 1.82) is 0 Å². The quantitative estimate of drug-likeness (QED) is 0.603. The van der Waals surface area contributed by atoms with E-state index in [4.69, 9.17) is 5.73 Å².